The van der Waals surface area contributed by atoms with Gasteiger partial charge in [-0.2, -0.15) is 0 Å². The van der Waals surface area contributed by atoms with Crippen LogP contribution in [0, 0.1) is 0 Å². The van der Waals surface area contributed by atoms with Gasteiger partial charge in [0, 0.05) is 5.54 Å². The molecule has 0 radical (unpaired) electrons. The molecule has 0 saturated heterocycles. The third kappa shape index (κ3) is 2.72. The van der Waals surface area contributed by atoms with E-state index in [1.165, 1.54) is 0 Å². The average Bonchev–Trinajstić information content (AvgIpc) is 2.47. The quantitative estimate of drug-likeness (QED) is 0.785. The van der Waals surface area contributed by atoms with Crippen LogP contribution < -0.4 is 10.9 Å². The van der Waals surface area contributed by atoms with Gasteiger partial charge in [-0.15, -0.1) is 0 Å². The number of nitrogens with one attached hydrogen (secondary N) is 1. The van der Waals surface area contributed by atoms with Crippen molar-refractivity contribution in [1.29, 1.82) is 0 Å². The lowest BCUT2D eigenvalue weighted by Crippen LogP contribution is -2.32. The molecular weight excluding hydrogens is 274 g/mol. The first-order chi connectivity index (χ1) is 10.5. The summed E-state index contributed by atoms with van der Waals surface area (Å²) >= 11 is 0. The number of para-hydroxylation sites is 2. The molecule has 3 rings (SSSR count). The fourth-order valence-corrected chi connectivity index (χ4v) is 2.37. The maximum absolute atomic E-state index is 12.9. The minimum Gasteiger partial charge on any atom is -0.351 e. The van der Waals surface area contributed by atoms with Crippen molar-refractivity contribution in [1.82, 2.24) is 9.55 Å². The van der Waals surface area contributed by atoms with E-state index in [4.69, 9.17) is 0 Å². The van der Waals surface area contributed by atoms with Gasteiger partial charge >= 0.3 is 0 Å². The molecule has 0 fully saturated rings. The van der Waals surface area contributed by atoms with E-state index < -0.39 is 0 Å². The van der Waals surface area contributed by atoms with E-state index in [9.17, 15) is 4.79 Å². The molecule has 3 aromatic rings. The van der Waals surface area contributed by atoms with Crippen LogP contribution in [0.2, 0.25) is 0 Å². The molecule has 22 heavy (non-hydrogen) atoms. The second-order valence-corrected chi connectivity index (χ2v) is 6.30. The average molecular weight is 293 g/mol. The number of aromatic nitrogens is 2. The Morgan fingerprint density at radius 3 is 2.27 bits per heavy atom. The summed E-state index contributed by atoms with van der Waals surface area (Å²) in [6, 6.07) is 17.0. The van der Waals surface area contributed by atoms with Crippen LogP contribution in [0.3, 0.4) is 0 Å². The van der Waals surface area contributed by atoms with Gasteiger partial charge in [-0.3, -0.25) is 4.79 Å². The van der Waals surface area contributed by atoms with Crippen LogP contribution >= 0.6 is 0 Å². The Kier molecular flexibility index (Phi) is 3.45. The first-order valence-electron chi connectivity index (χ1n) is 7.31. The van der Waals surface area contributed by atoms with Gasteiger partial charge in [-0.1, -0.05) is 30.3 Å². The monoisotopic (exact) mass is 293 g/mol. The van der Waals surface area contributed by atoms with E-state index in [1.807, 2.05) is 75.4 Å². The van der Waals surface area contributed by atoms with E-state index in [1.54, 1.807) is 4.57 Å². The third-order valence-corrected chi connectivity index (χ3v) is 3.28. The molecule has 0 aliphatic heterocycles. The fourth-order valence-electron chi connectivity index (χ4n) is 2.37. The molecular formula is C18H19N3O. The molecule has 0 aliphatic carbocycles. The summed E-state index contributed by atoms with van der Waals surface area (Å²) in [5.74, 6) is 0.558. The molecule has 0 aliphatic rings. The van der Waals surface area contributed by atoms with Crippen molar-refractivity contribution in [3.05, 3.63) is 65.0 Å². The molecule has 4 heteroatoms. The number of hydrogen-bond acceptors (Lipinski definition) is 3. The van der Waals surface area contributed by atoms with Crippen LogP contribution in [0.4, 0.5) is 5.95 Å². The van der Waals surface area contributed by atoms with Gasteiger partial charge in [0.1, 0.15) is 0 Å². The van der Waals surface area contributed by atoms with E-state index in [2.05, 4.69) is 10.3 Å². The summed E-state index contributed by atoms with van der Waals surface area (Å²) in [5, 5.41) is 3.95. The first kappa shape index (κ1) is 14.3. The van der Waals surface area contributed by atoms with Gasteiger partial charge in [-0.25, -0.2) is 9.55 Å². The molecule has 0 saturated carbocycles. The second kappa shape index (κ2) is 5.30. The lowest BCUT2D eigenvalue weighted by atomic mass is 10.1. The van der Waals surface area contributed by atoms with Gasteiger partial charge in [0.05, 0.1) is 16.6 Å². The Morgan fingerprint density at radius 1 is 0.955 bits per heavy atom. The van der Waals surface area contributed by atoms with Crippen molar-refractivity contribution < 1.29 is 0 Å². The number of rotatable bonds is 2. The number of fused-ring (bicyclic) bond motifs is 1. The summed E-state index contributed by atoms with van der Waals surface area (Å²) in [6.07, 6.45) is 0. The lowest BCUT2D eigenvalue weighted by molar-refractivity contribution is 0.621. The second-order valence-electron chi connectivity index (χ2n) is 6.30. The highest BCUT2D eigenvalue weighted by Gasteiger charge is 2.17. The van der Waals surface area contributed by atoms with Gasteiger partial charge in [-0.05, 0) is 45.0 Å². The molecule has 1 N–H and O–H groups in total. The Labute approximate surface area is 129 Å². The Bertz CT molecular complexity index is 861. The normalized spacial score (nSPS) is 11.6. The van der Waals surface area contributed by atoms with Crippen molar-refractivity contribution >= 4 is 16.9 Å². The van der Waals surface area contributed by atoms with Crippen LogP contribution in [0.5, 0.6) is 0 Å². The van der Waals surface area contributed by atoms with Crippen molar-refractivity contribution in [3.8, 4) is 5.69 Å². The van der Waals surface area contributed by atoms with Gasteiger partial charge in [0.15, 0.2) is 0 Å². The largest absolute Gasteiger partial charge is 0.351 e. The summed E-state index contributed by atoms with van der Waals surface area (Å²) in [4.78, 5) is 17.6. The maximum Gasteiger partial charge on any atom is 0.267 e. The smallest absolute Gasteiger partial charge is 0.267 e. The summed E-state index contributed by atoms with van der Waals surface area (Å²) < 4.78 is 1.63. The minimum absolute atomic E-state index is 0.0662. The summed E-state index contributed by atoms with van der Waals surface area (Å²) in [6.45, 7) is 6.14. The highest BCUT2D eigenvalue weighted by atomic mass is 16.1. The molecule has 0 atom stereocenters. The Morgan fingerprint density at radius 2 is 1.59 bits per heavy atom. The molecule has 0 unspecified atom stereocenters. The first-order valence-corrected chi connectivity index (χ1v) is 7.31. The zero-order chi connectivity index (χ0) is 15.7. The third-order valence-electron chi connectivity index (χ3n) is 3.28. The van der Waals surface area contributed by atoms with Crippen LogP contribution in [-0.2, 0) is 0 Å². The van der Waals surface area contributed by atoms with Crippen molar-refractivity contribution in [2.75, 3.05) is 5.32 Å². The zero-order valence-electron chi connectivity index (χ0n) is 13.0. The predicted molar refractivity (Wildman–Crippen MR) is 90.7 cm³/mol. The van der Waals surface area contributed by atoms with Crippen LogP contribution in [0.1, 0.15) is 20.8 Å². The number of anilines is 1. The molecule has 0 amide bonds. The highest BCUT2D eigenvalue weighted by molar-refractivity contribution is 5.79. The van der Waals surface area contributed by atoms with E-state index in [0.717, 1.165) is 5.69 Å². The maximum atomic E-state index is 12.9. The van der Waals surface area contributed by atoms with Gasteiger partial charge in [0.2, 0.25) is 5.95 Å². The molecule has 4 nitrogen and oxygen atoms in total. The fraction of sp³-hybridized carbons (Fsp3) is 0.222. The molecule has 112 valence electrons. The van der Waals surface area contributed by atoms with E-state index in [0.29, 0.717) is 16.9 Å². The molecule has 0 bridgehead atoms. The summed E-state index contributed by atoms with van der Waals surface area (Å²) in [7, 11) is 0. The standard InChI is InChI=1S/C18H19N3O/c1-18(2,3)20-17-19-15-12-8-7-11-14(15)16(22)21(17)13-9-5-4-6-10-13/h4-12H,1-3H3,(H,19,20). The van der Waals surface area contributed by atoms with Crippen LogP contribution in [0.15, 0.2) is 59.4 Å². The lowest BCUT2D eigenvalue weighted by Gasteiger charge is -2.24. The number of hydrogen-bond donors (Lipinski definition) is 1. The summed E-state index contributed by atoms with van der Waals surface area (Å²) in [5.41, 5.74) is 1.24. The van der Waals surface area contributed by atoms with Gasteiger partial charge in [0.25, 0.3) is 5.56 Å². The van der Waals surface area contributed by atoms with Gasteiger partial charge < -0.3 is 5.32 Å². The Hall–Kier alpha value is -2.62. The molecule has 1 heterocycles. The molecule has 0 spiro atoms. The Balaban J connectivity index is 2.34. The van der Waals surface area contributed by atoms with Crippen molar-refractivity contribution in [2.45, 2.75) is 26.3 Å². The SMILES string of the molecule is CC(C)(C)Nc1nc2ccccc2c(=O)n1-c1ccccc1. The number of nitrogens with zero attached hydrogens (tertiary/aromatic N) is 2. The van der Waals surface area contributed by atoms with Crippen molar-refractivity contribution in [3.63, 3.8) is 0 Å². The predicted octanol–water partition coefficient (Wildman–Crippen LogP) is 3.60. The molecule has 2 aromatic carbocycles. The minimum atomic E-state index is -0.196. The van der Waals surface area contributed by atoms with Crippen LogP contribution in [0.25, 0.3) is 16.6 Å². The highest BCUT2D eigenvalue weighted by Crippen LogP contribution is 2.19. The van der Waals surface area contributed by atoms with Crippen LogP contribution in [-0.4, -0.2) is 15.1 Å². The topological polar surface area (TPSA) is 46.9 Å². The van der Waals surface area contributed by atoms with E-state index in [-0.39, 0.29) is 11.1 Å². The zero-order valence-corrected chi connectivity index (χ0v) is 13.0. The molecule has 1 aromatic heterocycles. The van der Waals surface area contributed by atoms with Crippen molar-refractivity contribution in [2.24, 2.45) is 0 Å². The number of benzene rings is 2. The van der Waals surface area contributed by atoms with E-state index >= 15 is 0 Å².